The van der Waals surface area contributed by atoms with Crippen molar-refractivity contribution in [3.63, 3.8) is 0 Å². The number of carboxylic acid groups (broad SMARTS) is 1. The van der Waals surface area contributed by atoms with Crippen LogP contribution in [0.25, 0.3) is 0 Å². The molecule has 0 aliphatic heterocycles. The Kier molecular flexibility index (Phi) is 5.33. The van der Waals surface area contributed by atoms with Crippen LogP contribution in [0.3, 0.4) is 0 Å². The molecule has 1 amide bonds. The molecule has 0 radical (unpaired) electrons. The van der Waals surface area contributed by atoms with E-state index in [1.807, 2.05) is 24.3 Å². The maximum Gasteiger partial charge on any atom is 0.335 e. The number of carbonyl (C=O) groups excluding carboxylic acids is 1. The number of rotatable bonds is 6. The number of benzene rings is 2. The molecule has 0 heterocycles. The normalized spacial score (nSPS) is 14.2. The van der Waals surface area contributed by atoms with Crippen molar-refractivity contribution in [3.8, 4) is 5.75 Å². The molecule has 3 rings (SSSR count). The van der Waals surface area contributed by atoms with E-state index in [0.717, 1.165) is 24.2 Å². The van der Waals surface area contributed by atoms with Crippen molar-refractivity contribution < 1.29 is 19.4 Å². The third kappa shape index (κ3) is 4.83. The molecule has 0 atom stereocenters. The Morgan fingerprint density at radius 1 is 1.00 bits per heavy atom. The number of nitrogens with one attached hydrogen (secondary N) is 1. The van der Waals surface area contributed by atoms with Gasteiger partial charge in [-0.3, -0.25) is 4.79 Å². The fourth-order valence-corrected chi connectivity index (χ4v) is 2.97. The van der Waals surface area contributed by atoms with E-state index in [-0.39, 0.29) is 17.9 Å². The molecule has 5 heteroatoms. The van der Waals surface area contributed by atoms with Gasteiger partial charge in [-0.15, -0.1) is 0 Å². The van der Waals surface area contributed by atoms with Crippen molar-refractivity contribution in [2.24, 2.45) is 0 Å². The van der Waals surface area contributed by atoms with Gasteiger partial charge in [-0.25, -0.2) is 4.79 Å². The highest BCUT2D eigenvalue weighted by Gasteiger charge is 2.16. The van der Waals surface area contributed by atoms with Gasteiger partial charge in [0.25, 0.3) is 0 Å². The smallest absolute Gasteiger partial charge is 0.335 e. The highest BCUT2D eigenvalue weighted by Crippen LogP contribution is 2.25. The zero-order chi connectivity index (χ0) is 17.6. The summed E-state index contributed by atoms with van der Waals surface area (Å²) in [5, 5.41) is 11.7. The van der Waals surface area contributed by atoms with E-state index >= 15 is 0 Å². The number of aromatic carboxylic acids is 1. The van der Waals surface area contributed by atoms with E-state index in [1.54, 1.807) is 12.1 Å². The van der Waals surface area contributed by atoms with Crippen molar-refractivity contribution in [1.82, 2.24) is 0 Å². The van der Waals surface area contributed by atoms with Crippen LogP contribution in [-0.4, -0.2) is 23.1 Å². The van der Waals surface area contributed by atoms with Gasteiger partial charge in [-0.1, -0.05) is 12.1 Å². The van der Waals surface area contributed by atoms with E-state index in [2.05, 4.69) is 5.32 Å². The highest BCUT2D eigenvalue weighted by atomic mass is 16.5. The first-order valence-electron chi connectivity index (χ1n) is 8.49. The van der Waals surface area contributed by atoms with Gasteiger partial charge >= 0.3 is 5.97 Å². The second-order valence-corrected chi connectivity index (χ2v) is 6.28. The van der Waals surface area contributed by atoms with Crippen molar-refractivity contribution >= 4 is 17.6 Å². The number of ether oxygens (including phenoxy) is 1. The predicted octanol–water partition coefficient (Wildman–Crippen LogP) is 3.89. The van der Waals surface area contributed by atoms with Crippen LogP contribution in [0.2, 0.25) is 0 Å². The second-order valence-electron chi connectivity index (χ2n) is 6.28. The number of hydrogen-bond acceptors (Lipinski definition) is 3. The van der Waals surface area contributed by atoms with Gasteiger partial charge in [0.05, 0.1) is 18.1 Å². The zero-order valence-electron chi connectivity index (χ0n) is 13.9. The van der Waals surface area contributed by atoms with Crippen LogP contribution in [0.15, 0.2) is 48.5 Å². The molecule has 25 heavy (non-hydrogen) atoms. The molecule has 0 aromatic heterocycles. The quantitative estimate of drug-likeness (QED) is 0.837. The summed E-state index contributed by atoms with van der Waals surface area (Å²) in [4.78, 5) is 22.9. The summed E-state index contributed by atoms with van der Waals surface area (Å²) >= 11 is 0. The lowest BCUT2D eigenvalue weighted by atomic mass is 10.1. The maximum atomic E-state index is 12.1. The van der Waals surface area contributed by atoms with E-state index in [1.165, 1.54) is 25.0 Å². The minimum Gasteiger partial charge on any atom is -0.490 e. The molecule has 0 saturated heterocycles. The highest BCUT2D eigenvalue weighted by molar-refractivity contribution is 5.92. The predicted molar refractivity (Wildman–Crippen MR) is 95.1 cm³/mol. The first-order chi connectivity index (χ1) is 12.1. The summed E-state index contributed by atoms with van der Waals surface area (Å²) in [6.45, 7) is 0. The number of hydrogen-bond donors (Lipinski definition) is 2. The minimum absolute atomic E-state index is 0.146. The average Bonchev–Trinajstić information content (AvgIpc) is 3.10. The van der Waals surface area contributed by atoms with Crippen LogP contribution in [0.5, 0.6) is 5.75 Å². The molecule has 0 unspecified atom stereocenters. The van der Waals surface area contributed by atoms with Crippen molar-refractivity contribution in [2.75, 3.05) is 5.32 Å². The van der Waals surface area contributed by atoms with E-state index in [4.69, 9.17) is 9.84 Å². The molecule has 130 valence electrons. The Labute approximate surface area is 146 Å². The zero-order valence-corrected chi connectivity index (χ0v) is 13.9. The van der Waals surface area contributed by atoms with Crippen LogP contribution in [-0.2, 0) is 11.2 Å². The van der Waals surface area contributed by atoms with Gasteiger partial charge in [0.1, 0.15) is 5.75 Å². The SMILES string of the molecule is O=C(Cc1ccc(C(=O)O)cc1)Nc1ccc(OC2CCCC2)cc1. The van der Waals surface area contributed by atoms with Crippen molar-refractivity contribution in [3.05, 3.63) is 59.7 Å². The Balaban J connectivity index is 1.52. The van der Waals surface area contributed by atoms with Crippen LogP contribution < -0.4 is 10.1 Å². The molecule has 2 N–H and O–H groups in total. The first kappa shape index (κ1) is 17.0. The second kappa shape index (κ2) is 7.83. The molecular formula is C20H21NO4. The molecule has 2 aromatic rings. The van der Waals surface area contributed by atoms with Crippen LogP contribution in [0.4, 0.5) is 5.69 Å². The molecule has 0 spiro atoms. The first-order valence-corrected chi connectivity index (χ1v) is 8.49. The standard InChI is InChI=1S/C20H21NO4/c22-19(13-14-5-7-15(8-6-14)20(23)24)21-16-9-11-18(12-10-16)25-17-3-1-2-4-17/h5-12,17H,1-4,13H2,(H,21,22)(H,23,24). The minimum atomic E-state index is -0.976. The summed E-state index contributed by atoms with van der Waals surface area (Å²) in [5.41, 5.74) is 1.69. The van der Waals surface area contributed by atoms with Gasteiger partial charge in [-0.05, 0) is 67.6 Å². The van der Waals surface area contributed by atoms with Gasteiger partial charge in [-0.2, -0.15) is 0 Å². The molecule has 2 aromatic carbocycles. The van der Waals surface area contributed by atoms with Gasteiger partial charge in [0.15, 0.2) is 0 Å². The number of anilines is 1. The van der Waals surface area contributed by atoms with Gasteiger partial charge in [0.2, 0.25) is 5.91 Å². The molecular weight excluding hydrogens is 318 g/mol. The van der Waals surface area contributed by atoms with Gasteiger partial charge in [0, 0.05) is 5.69 Å². The maximum absolute atomic E-state index is 12.1. The van der Waals surface area contributed by atoms with Gasteiger partial charge < -0.3 is 15.2 Å². The molecule has 1 saturated carbocycles. The van der Waals surface area contributed by atoms with Crippen LogP contribution in [0, 0.1) is 0 Å². The third-order valence-electron chi connectivity index (χ3n) is 4.31. The van der Waals surface area contributed by atoms with Crippen molar-refractivity contribution in [1.29, 1.82) is 0 Å². The molecule has 0 bridgehead atoms. The lowest BCUT2D eigenvalue weighted by molar-refractivity contribution is -0.115. The Bertz CT molecular complexity index is 731. The van der Waals surface area contributed by atoms with E-state index < -0.39 is 5.97 Å². The molecule has 1 aliphatic rings. The monoisotopic (exact) mass is 339 g/mol. The lowest BCUT2D eigenvalue weighted by Crippen LogP contribution is -2.14. The average molecular weight is 339 g/mol. The summed E-state index contributed by atoms with van der Waals surface area (Å²) in [7, 11) is 0. The summed E-state index contributed by atoms with van der Waals surface area (Å²) in [6.07, 6.45) is 5.19. The Morgan fingerprint density at radius 2 is 1.64 bits per heavy atom. The number of amides is 1. The summed E-state index contributed by atoms with van der Waals surface area (Å²) in [6, 6.07) is 13.7. The van der Waals surface area contributed by atoms with E-state index in [0.29, 0.717) is 11.8 Å². The van der Waals surface area contributed by atoms with Crippen LogP contribution in [0.1, 0.15) is 41.6 Å². The van der Waals surface area contributed by atoms with Crippen LogP contribution >= 0.6 is 0 Å². The third-order valence-corrected chi connectivity index (χ3v) is 4.31. The Morgan fingerprint density at radius 3 is 2.24 bits per heavy atom. The topological polar surface area (TPSA) is 75.6 Å². The summed E-state index contributed by atoms with van der Waals surface area (Å²) in [5.74, 6) is -0.294. The number of carboxylic acids is 1. The fraction of sp³-hybridized carbons (Fsp3) is 0.300. The van der Waals surface area contributed by atoms with E-state index in [9.17, 15) is 9.59 Å². The Hall–Kier alpha value is -2.82. The molecule has 1 aliphatic carbocycles. The molecule has 5 nitrogen and oxygen atoms in total. The largest absolute Gasteiger partial charge is 0.490 e. The lowest BCUT2D eigenvalue weighted by Gasteiger charge is -2.13. The fourth-order valence-electron chi connectivity index (χ4n) is 2.97. The molecule has 1 fully saturated rings. The number of carbonyl (C=O) groups is 2. The van der Waals surface area contributed by atoms with Crippen molar-refractivity contribution in [2.45, 2.75) is 38.2 Å². The summed E-state index contributed by atoms with van der Waals surface area (Å²) < 4.78 is 5.90.